The van der Waals surface area contributed by atoms with Crippen LogP contribution in [0.25, 0.3) is 49.7 Å². The normalized spacial score (nSPS) is 11.4. The fraction of sp³-hybridized carbons (Fsp3) is 0.0690. The van der Waals surface area contributed by atoms with E-state index >= 15 is 0 Å². The molecule has 0 spiro atoms. The lowest BCUT2D eigenvalue weighted by molar-refractivity contribution is 0.414. The Morgan fingerprint density at radius 2 is 0.667 bits per heavy atom. The SMILES string of the molecule is COc1ccc(N(c2ccc(OC)cc2)c2ccc(-c3cccc4c5cccc(-c6ccc(N(c7ccc(OC)cc7)c7ccc(OC)cc7)cc6)c5n(-c5ccc(S(=O)(=O)O)cc5)c34)cc2)cc1. The molecule has 0 aliphatic rings. The van der Waals surface area contributed by atoms with Crippen LogP contribution in [-0.2, 0) is 10.1 Å². The van der Waals surface area contributed by atoms with Gasteiger partial charge in [0, 0.05) is 61.7 Å². The highest BCUT2D eigenvalue weighted by Gasteiger charge is 2.22. The summed E-state index contributed by atoms with van der Waals surface area (Å²) in [6.45, 7) is 0. The largest absolute Gasteiger partial charge is 0.497 e. The van der Waals surface area contributed by atoms with Gasteiger partial charge in [-0.25, -0.2) is 0 Å². The summed E-state index contributed by atoms with van der Waals surface area (Å²) in [5.74, 6) is 3.06. The number of fused-ring (bicyclic) bond motifs is 3. The van der Waals surface area contributed by atoms with Crippen molar-refractivity contribution in [1.29, 1.82) is 0 Å². The van der Waals surface area contributed by atoms with Gasteiger partial charge < -0.3 is 33.3 Å². The molecule has 1 N–H and O–H groups in total. The van der Waals surface area contributed by atoms with Gasteiger partial charge in [0.2, 0.25) is 0 Å². The summed E-state index contributed by atoms with van der Waals surface area (Å²) >= 11 is 0. The molecular weight excluding hydrogens is 883 g/mol. The maximum atomic E-state index is 12.3. The predicted octanol–water partition coefficient (Wildman–Crippen LogP) is 14.3. The van der Waals surface area contributed by atoms with Gasteiger partial charge in [-0.15, -0.1) is 0 Å². The topological polar surface area (TPSA) is 103 Å². The van der Waals surface area contributed by atoms with Gasteiger partial charge >= 0.3 is 0 Å². The summed E-state index contributed by atoms with van der Waals surface area (Å²) < 4.78 is 58.7. The number of anilines is 6. The number of hydrogen-bond donors (Lipinski definition) is 1. The van der Waals surface area contributed by atoms with Gasteiger partial charge in [-0.05, 0) is 157 Å². The molecule has 0 unspecified atom stereocenters. The first-order valence-corrected chi connectivity index (χ1v) is 23.6. The predicted molar refractivity (Wildman–Crippen MR) is 277 cm³/mol. The maximum absolute atomic E-state index is 12.3. The van der Waals surface area contributed by atoms with E-state index in [9.17, 15) is 13.0 Å². The summed E-state index contributed by atoms with van der Waals surface area (Å²) in [6.07, 6.45) is 0. The standard InChI is InChI=1S/C58H47N3O7S/c1-65-48-29-19-43(20-30-48)59(44-21-31-49(66-2)32-22-44)41-15-11-39(12-16-41)53-7-5-9-55-56-10-6-8-54(58(56)61(57(53)55)47-27-37-52(38-28-47)69(62,63)64)40-13-17-42(18-14-40)60(45-23-33-50(67-3)34-24-45)46-25-35-51(68-4)36-26-46/h5-38H,1-4H3,(H,62,63,64). The fourth-order valence-electron chi connectivity index (χ4n) is 9.01. The molecule has 342 valence electrons. The molecule has 0 fully saturated rings. The quantitative estimate of drug-likeness (QED) is 0.107. The highest BCUT2D eigenvalue weighted by Crippen LogP contribution is 2.44. The second-order valence-electron chi connectivity index (χ2n) is 16.3. The van der Waals surface area contributed by atoms with E-state index in [1.807, 2.05) is 97.1 Å². The minimum absolute atomic E-state index is 0.185. The lowest BCUT2D eigenvalue weighted by atomic mass is 9.99. The number of nitrogens with zero attached hydrogens (tertiary/aromatic N) is 3. The molecule has 1 aromatic heterocycles. The Hall–Kier alpha value is -8.51. The van der Waals surface area contributed by atoms with E-state index in [4.69, 9.17) is 18.9 Å². The Morgan fingerprint density at radius 3 is 0.942 bits per heavy atom. The molecule has 1 heterocycles. The van der Waals surface area contributed by atoms with Crippen molar-refractivity contribution in [3.8, 4) is 50.9 Å². The molecule has 0 aliphatic carbocycles. The number of aromatic nitrogens is 1. The second-order valence-corrected chi connectivity index (χ2v) is 17.7. The lowest BCUT2D eigenvalue weighted by Crippen LogP contribution is -2.09. The number of rotatable bonds is 14. The van der Waals surface area contributed by atoms with Crippen LogP contribution < -0.4 is 28.7 Å². The van der Waals surface area contributed by atoms with E-state index in [0.717, 1.165) is 107 Å². The summed E-state index contributed by atoms with van der Waals surface area (Å²) in [5.41, 5.74) is 12.3. The number of ether oxygens (including phenoxy) is 4. The lowest BCUT2D eigenvalue weighted by Gasteiger charge is -2.26. The molecule has 0 atom stereocenters. The van der Waals surface area contributed by atoms with Crippen LogP contribution in [0.5, 0.6) is 23.0 Å². The van der Waals surface area contributed by atoms with Crippen LogP contribution in [0.1, 0.15) is 0 Å². The fourth-order valence-corrected chi connectivity index (χ4v) is 9.49. The van der Waals surface area contributed by atoms with E-state index in [1.54, 1.807) is 40.6 Å². The van der Waals surface area contributed by atoms with Crippen molar-refractivity contribution in [2.45, 2.75) is 4.90 Å². The van der Waals surface area contributed by atoms with Crippen molar-refractivity contribution >= 4 is 66.0 Å². The monoisotopic (exact) mass is 929 g/mol. The van der Waals surface area contributed by atoms with Gasteiger partial charge in [0.05, 0.1) is 44.4 Å². The zero-order valence-electron chi connectivity index (χ0n) is 38.3. The third-order valence-corrected chi connectivity index (χ3v) is 13.3. The van der Waals surface area contributed by atoms with Crippen LogP contribution in [0.4, 0.5) is 34.1 Å². The number of para-hydroxylation sites is 2. The van der Waals surface area contributed by atoms with Crippen molar-refractivity contribution in [3.63, 3.8) is 0 Å². The summed E-state index contributed by atoms with van der Waals surface area (Å²) in [5, 5.41) is 2.04. The van der Waals surface area contributed by atoms with E-state index in [1.165, 1.54) is 12.1 Å². The molecule has 10 rings (SSSR count). The summed E-state index contributed by atoms with van der Waals surface area (Å²) in [7, 11) is 2.20. The molecule has 0 aliphatic heterocycles. The van der Waals surface area contributed by atoms with Crippen molar-refractivity contribution < 1.29 is 31.9 Å². The van der Waals surface area contributed by atoms with Crippen molar-refractivity contribution in [1.82, 2.24) is 4.57 Å². The molecule has 10 aromatic rings. The Bertz CT molecular complexity index is 3230. The van der Waals surface area contributed by atoms with Crippen LogP contribution in [0.15, 0.2) is 211 Å². The average molecular weight is 930 g/mol. The zero-order valence-corrected chi connectivity index (χ0v) is 39.1. The van der Waals surface area contributed by atoms with Crippen LogP contribution in [0, 0.1) is 0 Å². The van der Waals surface area contributed by atoms with Crippen LogP contribution in [0.3, 0.4) is 0 Å². The minimum atomic E-state index is -4.44. The van der Waals surface area contributed by atoms with Crippen LogP contribution in [0.2, 0.25) is 0 Å². The molecule has 0 bridgehead atoms. The summed E-state index contributed by atoms with van der Waals surface area (Å²) in [4.78, 5) is 4.18. The third kappa shape index (κ3) is 8.57. The maximum Gasteiger partial charge on any atom is 0.294 e. The first kappa shape index (κ1) is 44.3. The smallest absolute Gasteiger partial charge is 0.294 e. The molecule has 10 nitrogen and oxygen atoms in total. The number of benzene rings is 9. The van der Waals surface area contributed by atoms with Crippen molar-refractivity contribution in [2.75, 3.05) is 38.2 Å². The number of methoxy groups -OCH3 is 4. The Kier molecular flexibility index (Phi) is 12.0. The van der Waals surface area contributed by atoms with E-state index in [-0.39, 0.29) is 4.90 Å². The van der Waals surface area contributed by atoms with Crippen molar-refractivity contribution in [2.24, 2.45) is 0 Å². The average Bonchev–Trinajstić information content (AvgIpc) is 3.75. The molecule has 69 heavy (non-hydrogen) atoms. The van der Waals surface area contributed by atoms with E-state index < -0.39 is 10.1 Å². The van der Waals surface area contributed by atoms with Gasteiger partial charge in [-0.2, -0.15) is 8.42 Å². The highest BCUT2D eigenvalue weighted by atomic mass is 32.2. The molecule has 0 radical (unpaired) electrons. The third-order valence-electron chi connectivity index (χ3n) is 12.4. The molecule has 11 heteroatoms. The van der Waals surface area contributed by atoms with Crippen molar-refractivity contribution in [3.05, 3.63) is 206 Å². The highest BCUT2D eigenvalue weighted by molar-refractivity contribution is 7.85. The van der Waals surface area contributed by atoms with E-state index in [2.05, 4.69) is 99.3 Å². The van der Waals surface area contributed by atoms with Crippen LogP contribution in [-0.4, -0.2) is 46.0 Å². The molecule has 0 saturated carbocycles. The van der Waals surface area contributed by atoms with Gasteiger partial charge in [0.15, 0.2) is 0 Å². The zero-order chi connectivity index (χ0) is 47.6. The molecule has 0 amide bonds. The summed E-state index contributed by atoms with van der Waals surface area (Å²) in [6, 6.07) is 67.9. The Balaban J connectivity index is 1.12. The van der Waals surface area contributed by atoms with E-state index in [0.29, 0.717) is 0 Å². The van der Waals surface area contributed by atoms with Crippen LogP contribution >= 0.6 is 0 Å². The second kappa shape index (κ2) is 18.6. The minimum Gasteiger partial charge on any atom is -0.497 e. The van der Waals surface area contributed by atoms with Gasteiger partial charge in [0.1, 0.15) is 23.0 Å². The first-order chi connectivity index (χ1) is 33.6. The van der Waals surface area contributed by atoms with Gasteiger partial charge in [-0.1, -0.05) is 60.7 Å². The van der Waals surface area contributed by atoms with Gasteiger partial charge in [-0.3, -0.25) is 4.55 Å². The first-order valence-electron chi connectivity index (χ1n) is 22.2. The molecular formula is C58H47N3O7S. The molecule has 9 aromatic carbocycles. The Morgan fingerprint density at radius 1 is 0.377 bits per heavy atom. The molecule has 0 saturated heterocycles. The number of hydrogen-bond acceptors (Lipinski definition) is 8. The Labute approximate surface area is 401 Å². The van der Waals surface area contributed by atoms with Gasteiger partial charge in [0.25, 0.3) is 10.1 Å².